The average molecular weight is 541 g/mol. The molecule has 3 aromatic heterocycles. The van der Waals surface area contributed by atoms with E-state index in [4.69, 9.17) is 15.5 Å². The molecule has 1 aliphatic heterocycles. The normalized spacial score (nSPS) is 20.2. The number of nitrogens with two attached hydrogens (primary N) is 1. The molecule has 1 aliphatic carbocycles. The lowest BCUT2D eigenvalue weighted by atomic mass is 9.93. The van der Waals surface area contributed by atoms with Gasteiger partial charge in [0, 0.05) is 54.5 Å². The molecule has 0 radical (unpaired) electrons. The number of benzene rings is 1. The molecule has 1 saturated carbocycles. The van der Waals surface area contributed by atoms with Gasteiger partial charge in [-0.2, -0.15) is 0 Å². The van der Waals surface area contributed by atoms with Gasteiger partial charge in [-0.05, 0) is 57.9 Å². The highest BCUT2D eigenvalue weighted by Crippen LogP contribution is 2.48. The minimum Gasteiger partial charge on any atom is -0.474 e. The summed E-state index contributed by atoms with van der Waals surface area (Å²) in [4.78, 5) is 33.9. The minimum atomic E-state index is -0.534. The van der Waals surface area contributed by atoms with Gasteiger partial charge in [0.05, 0.1) is 11.4 Å². The smallest absolute Gasteiger partial charge is 0.265 e. The van der Waals surface area contributed by atoms with E-state index in [1.807, 2.05) is 31.7 Å². The van der Waals surface area contributed by atoms with Crippen LogP contribution in [0.4, 0.5) is 0 Å². The summed E-state index contributed by atoms with van der Waals surface area (Å²) in [6.45, 7) is 11.4. The second kappa shape index (κ2) is 9.50. The number of thiazole rings is 1. The Bertz CT molecular complexity index is 1550. The monoisotopic (exact) mass is 540 g/mol. The lowest BCUT2D eigenvalue weighted by Gasteiger charge is -2.22. The number of piperidine rings is 1. The van der Waals surface area contributed by atoms with E-state index in [1.54, 1.807) is 18.5 Å². The second-order valence-corrected chi connectivity index (χ2v) is 12.2. The number of fused-ring (bicyclic) bond motifs is 1. The van der Waals surface area contributed by atoms with Crippen LogP contribution in [0.3, 0.4) is 0 Å². The summed E-state index contributed by atoms with van der Waals surface area (Å²) >= 11 is 1.35. The van der Waals surface area contributed by atoms with E-state index >= 15 is 0 Å². The van der Waals surface area contributed by atoms with Gasteiger partial charge in [0.2, 0.25) is 5.88 Å². The molecule has 2 fully saturated rings. The Morgan fingerprint density at radius 3 is 2.44 bits per heavy atom. The van der Waals surface area contributed by atoms with Gasteiger partial charge in [-0.25, -0.2) is 19.9 Å². The molecule has 8 nitrogen and oxygen atoms in total. The van der Waals surface area contributed by atoms with Crippen molar-refractivity contribution in [1.82, 2.24) is 24.8 Å². The molecule has 6 rings (SSSR count). The van der Waals surface area contributed by atoms with Crippen molar-refractivity contribution in [2.45, 2.75) is 46.3 Å². The van der Waals surface area contributed by atoms with E-state index in [9.17, 15) is 4.79 Å². The second-order valence-electron chi connectivity index (χ2n) is 11.2. The first-order valence-corrected chi connectivity index (χ1v) is 14.0. The summed E-state index contributed by atoms with van der Waals surface area (Å²) in [5.74, 6) is 1.72. The van der Waals surface area contributed by atoms with Gasteiger partial charge in [0.15, 0.2) is 10.8 Å². The number of hydrogen-bond donors (Lipinski definition) is 1. The number of carbonyl (C=O) groups excluding carboxylic acids is 1. The predicted molar refractivity (Wildman–Crippen MR) is 152 cm³/mol. The van der Waals surface area contributed by atoms with Crippen LogP contribution in [0.25, 0.3) is 22.1 Å². The van der Waals surface area contributed by atoms with Crippen LogP contribution in [0.1, 0.15) is 45.9 Å². The maximum atomic E-state index is 13.3. The largest absolute Gasteiger partial charge is 0.474 e. The maximum absolute atomic E-state index is 13.3. The predicted octanol–water partition coefficient (Wildman–Crippen LogP) is 4.93. The summed E-state index contributed by atoms with van der Waals surface area (Å²) in [7, 11) is 0. The minimum absolute atomic E-state index is 0.0141. The number of hydrogen-bond acceptors (Lipinski definition) is 8. The lowest BCUT2D eigenvalue weighted by molar-refractivity contribution is 0.0755. The van der Waals surface area contributed by atoms with Crippen molar-refractivity contribution in [3.05, 3.63) is 76.1 Å². The molecule has 2 N–H and O–H groups in total. The average Bonchev–Trinajstić information content (AvgIpc) is 3.21. The highest BCUT2D eigenvalue weighted by Gasteiger charge is 2.59. The number of aryl methyl sites for hydroxylation is 3. The van der Waals surface area contributed by atoms with Crippen molar-refractivity contribution in [2.75, 3.05) is 13.1 Å². The fourth-order valence-electron chi connectivity index (χ4n) is 5.37. The number of ether oxygens (including phenoxy) is 1. The first-order valence-electron chi connectivity index (χ1n) is 13.2. The van der Waals surface area contributed by atoms with Gasteiger partial charge >= 0.3 is 0 Å². The Hall–Kier alpha value is -3.69. The van der Waals surface area contributed by atoms with Crippen LogP contribution in [0.2, 0.25) is 0 Å². The van der Waals surface area contributed by atoms with Crippen LogP contribution in [0.5, 0.6) is 5.88 Å². The zero-order valence-electron chi connectivity index (χ0n) is 22.8. The summed E-state index contributed by atoms with van der Waals surface area (Å²) < 4.78 is 6.44. The van der Waals surface area contributed by atoms with Crippen molar-refractivity contribution in [2.24, 2.45) is 17.6 Å². The van der Waals surface area contributed by atoms with E-state index in [0.29, 0.717) is 52.2 Å². The number of rotatable bonds is 6. The van der Waals surface area contributed by atoms with Crippen LogP contribution in [-0.2, 0) is 5.54 Å². The molecular weight excluding hydrogens is 508 g/mol. The summed E-state index contributed by atoms with van der Waals surface area (Å²) in [6.07, 6.45) is 3.40. The van der Waals surface area contributed by atoms with Crippen LogP contribution in [0.15, 0.2) is 48.8 Å². The molecule has 9 heteroatoms. The summed E-state index contributed by atoms with van der Waals surface area (Å²) in [5.41, 5.74) is 12.0. The van der Waals surface area contributed by atoms with Crippen molar-refractivity contribution in [1.29, 1.82) is 0 Å². The van der Waals surface area contributed by atoms with Crippen molar-refractivity contribution >= 4 is 17.2 Å². The van der Waals surface area contributed by atoms with Crippen molar-refractivity contribution in [3.63, 3.8) is 0 Å². The number of aromatic nitrogens is 4. The molecule has 0 bridgehead atoms. The van der Waals surface area contributed by atoms with Crippen molar-refractivity contribution in [3.8, 4) is 28.0 Å². The third-order valence-corrected chi connectivity index (χ3v) is 8.75. The van der Waals surface area contributed by atoms with E-state index in [-0.39, 0.29) is 12.0 Å². The number of nitrogens with zero attached hydrogens (tertiary/aromatic N) is 5. The van der Waals surface area contributed by atoms with Crippen LogP contribution >= 0.6 is 11.3 Å². The SMILES string of the molecule is Cc1ccc(-c2cc(C(C)(C)N)cc(O[C@@H]3[C@@H]4CN(C(=O)c5sc(-c6ncccn6)nc5C)C[C@@H]43)n2)c(C)c1. The molecule has 1 amide bonds. The first-order chi connectivity index (χ1) is 18.6. The van der Waals surface area contributed by atoms with Gasteiger partial charge in [-0.3, -0.25) is 4.79 Å². The Morgan fingerprint density at radius 1 is 1.05 bits per heavy atom. The first kappa shape index (κ1) is 25.6. The van der Waals surface area contributed by atoms with Gasteiger partial charge in [0.25, 0.3) is 5.91 Å². The summed E-state index contributed by atoms with van der Waals surface area (Å²) in [6, 6.07) is 12.1. The van der Waals surface area contributed by atoms with E-state index in [1.165, 1.54) is 22.5 Å². The molecule has 0 unspecified atom stereocenters. The number of likely N-dealkylation sites (tertiary alicyclic amines) is 1. The Labute approximate surface area is 232 Å². The number of pyridine rings is 1. The molecule has 2 aliphatic rings. The van der Waals surface area contributed by atoms with Gasteiger partial charge in [-0.1, -0.05) is 23.8 Å². The van der Waals surface area contributed by atoms with Gasteiger partial charge < -0.3 is 15.4 Å². The number of amides is 1. The molecule has 4 heterocycles. The summed E-state index contributed by atoms with van der Waals surface area (Å²) in [5, 5.41) is 0.662. The molecule has 200 valence electrons. The third kappa shape index (κ3) is 4.92. The molecule has 1 saturated heterocycles. The molecule has 4 aromatic rings. The lowest BCUT2D eigenvalue weighted by Crippen LogP contribution is -2.33. The Balaban J connectivity index is 1.17. The molecule has 1 aromatic carbocycles. The Morgan fingerprint density at radius 2 is 1.77 bits per heavy atom. The molecule has 39 heavy (non-hydrogen) atoms. The zero-order chi connectivity index (χ0) is 27.5. The number of carbonyl (C=O) groups is 1. The van der Waals surface area contributed by atoms with Crippen LogP contribution in [-0.4, -0.2) is 49.9 Å². The van der Waals surface area contributed by atoms with Crippen molar-refractivity contribution < 1.29 is 9.53 Å². The van der Waals surface area contributed by atoms with Gasteiger partial charge in [0.1, 0.15) is 11.0 Å². The highest BCUT2D eigenvalue weighted by molar-refractivity contribution is 7.17. The standard InChI is InChI=1S/C30H32N6O2S/c1-16-7-8-20(17(2)11-16)23-12-19(30(4,5)31)13-24(35-23)38-25-21-14-36(15-22(21)25)29(37)26-18(3)34-28(39-26)27-32-9-6-10-33-27/h6-13,21-22,25H,14-15,31H2,1-5H3/t21-,22+,25-. The zero-order valence-corrected chi connectivity index (χ0v) is 23.6. The fraction of sp³-hybridized carbons (Fsp3) is 0.367. The van der Waals surface area contributed by atoms with Gasteiger partial charge in [-0.15, -0.1) is 11.3 Å². The molecular formula is C30H32N6O2S. The fourth-order valence-corrected chi connectivity index (χ4v) is 6.35. The third-order valence-electron chi connectivity index (χ3n) is 7.61. The molecule has 0 spiro atoms. The Kier molecular flexibility index (Phi) is 6.23. The quantitative estimate of drug-likeness (QED) is 0.369. The highest BCUT2D eigenvalue weighted by atomic mass is 32.1. The van der Waals surface area contributed by atoms with Crippen LogP contribution < -0.4 is 10.5 Å². The van der Waals surface area contributed by atoms with Crippen LogP contribution in [0, 0.1) is 32.6 Å². The molecule has 3 atom stereocenters. The van der Waals surface area contributed by atoms with E-state index in [0.717, 1.165) is 16.8 Å². The van der Waals surface area contributed by atoms with E-state index in [2.05, 4.69) is 53.1 Å². The topological polar surface area (TPSA) is 107 Å². The maximum Gasteiger partial charge on any atom is 0.265 e. The van der Waals surface area contributed by atoms with E-state index < -0.39 is 5.54 Å².